The largest absolute Gasteiger partial charge is 0.491 e. The lowest BCUT2D eigenvalue weighted by Gasteiger charge is -2.10. The maximum atomic E-state index is 5.76. The Morgan fingerprint density at radius 1 is 1.33 bits per heavy atom. The molecule has 3 nitrogen and oxygen atoms in total. The average molecular weight is 246 g/mol. The molecule has 1 heterocycles. The van der Waals surface area contributed by atoms with Gasteiger partial charge < -0.3 is 15.0 Å². The van der Waals surface area contributed by atoms with E-state index in [4.69, 9.17) is 4.74 Å². The first kappa shape index (κ1) is 13.0. The summed E-state index contributed by atoms with van der Waals surface area (Å²) >= 11 is 0. The first-order chi connectivity index (χ1) is 8.61. The summed E-state index contributed by atoms with van der Waals surface area (Å²) in [5.74, 6) is 0.939. The molecule has 2 rings (SSSR count). The molecule has 0 atom stereocenters. The third kappa shape index (κ3) is 2.67. The highest BCUT2D eigenvalue weighted by Gasteiger charge is 2.09. The molecule has 0 aliphatic heterocycles. The normalized spacial score (nSPS) is 11.4. The topological polar surface area (TPSA) is 37.0 Å². The number of hydrogen-bond donors (Lipinski definition) is 2. The lowest BCUT2D eigenvalue weighted by Crippen LogP contribution is -2.12. The highest BCUT2D eigenvalue weighted by Crippen LogP contribution is 2.26. The molecule has 1 aromatic heterocycles. The number of fused-ring (bicyclic) bond motifs is 1. The number of aromatic amines is 1. The molecule has 0 aliphatic carbocycles. The fraction of sp³-hybridized carbons (Fsp3) is 0.467. The summed E-state index contributed by atoms with van der Waals surface area (Å²) < 4.78 is 5.76. The molecule has 0 unspecified atom stereocenters. The van der Waals surface area contributed by atoms with Gasteiger partial charge in [0.2, 0.25) is 0 Å². The van der Waals surface area contributed by atoms with Gasteiger partial charge in [0.1, 0.15) is 5.75 Å². The summed E-state index contributed by atoms with van der Waals surface area (Å²) in [5, 5.41) is 4.64. The van der Waals surface area contributed by atoms with Crippen LogP contribution in [0.3, 0.4) is 0 Å². The van der Waals surface area contributed by atoms with Crippen LogP contribution < -0.4 is 10.1 Å². The van der Waals surface area contributed by atoms with Gasteiger partial charge in [0, 0.05) is 23.1 Å². The summed E-state index contributed by atoms with van der Waals surface area (Å²) in [6.07, 6.45) is 0.208. The van der Waals surface area contributed by atoms with E-state index in [0.717, 1.165) is 18.8 Å². The summed E-state index contributed by atoms with van der Waals surface area (Å²) in [4.78, 5) is 3.42. The van der Waals surface area contributed by atoms with Crippen LogP contribution in [0.2, 0.25) is 0 Å². The summed E-state index contributed by atoms with van der Waals surface area (Å²) in [7, 11) is 0. The van der Waals surface area contributed by atoms with Crippen molar-refractivity contribution in [3.63, 3.8) is 0 Å². The Balaban J connectivity index is 2.39. The van der Waals surface area contributed by atoms with Gasteiger partial charge in [-0.25, -0.2) is 0 Å². The van der Waals surface area contributed by atoms with Crippen molar-refractivity contribution in [2.45, 2.75) is 40.3 Å². The molecule has 2 aromatic rings. The maximum Gasteiger partial charge on any atom is 0.120 e. The molecule has 0 aliphatic rings. The van der Waals surface area contributed by atoms with Gasteiger partial charge in [-0.2, -0.15) is 0 Å². The van der Waals surface area contributed by atoms with Crippen LogP contribution in [0.4, 0.5) is 0 Å². The zero-order chi connectivity index (χ0) is 13.1. The average Bonchev–Trinajstić information content (AvgIpc) is 2.61. The third-order valence-corrected chi connectivity index (χ3v) is 3.01. The van der Waals surface area contributed by atoms with Gasteiger partial charge in [0.05, 0.1) is 6.10 Å². The minimum Gasteiger partial charge on any atom is -0.491 e. The minimum absolute atomic E-state index is 0.208. The van der Waals surface area contributed by atoms with Crippen LogP contribution >= 0.6 is 0 Å². The lowest BCUT2D eigenvalue weighted by atomic mass is 10.1. The second kappa shape index (κ2) is 5.44. The van der Waals surface area contributed by atoms with Crippen molar-refractivity contribution in [3.8, 4) is 5.75 Å². The highest BCUT2D eigenvalue weighted by atomic mass is 16.5. The van der Waals surface area contributed by atoms with E-state index < -0.39 is 0 Å². The molecule has 0 saturated carbocycles. The molecule has 0 saturated heterocycles. The molecule has 98 valence electrons. The van der Waals surface area contributed by atoms with Gasteiger partial charge in [-0.05, 0) is 51.1 Å². The zero-order valence-electron chi connectivity index (χ0n) is 11.6. The van der Waals surface area contributed by atoms with Crippen molar-refractivity contribution in [3.05, 3.63) is 29.5 Å². The number of H-pyrrole nitrogens is 1. The van der Waals surface area contributed by atoms with Gasteiger partial charge in [-0.1, -0.05) is 6.92 Å². The number of rotatable bonds is 5. The van der Waals surface area contributed by atoms with E-state index in [1.54, 1.807) is 0 Å². The Bertz CT molecular complexity index is 529. The summed E-state index contributed by atoms with van der Waals surface area (Å²) in [5.41, 5.74) is 3.74. The van der Waals surface area contributed by atoms with Crippen LogP contribution in [0.1, 0.15) is 32.0 Å². The fourth-order valence-corrected chi connectivity index (χ4v) is 2.18. The predicted octanol–water partition coefficient (Wildman–Crippen LogP) is 3.37. The van der Waals surface area contributed by atoms with Crippen LogP contribution in [0.15, 0.2) is 18.2 Å². The molecule has 0 spiro atoms. The number of hydrogen-bond acceptors (Lipinski definition) is 2. The van der Waals surface area contributed by atoms with Crippen molar-refractivity contribution >= 4 is 10.9 Å². The van der Waals surface area contributed by atoms with E-state index in [-0.39, 0.29) is 6.10 Å². The van der Waals surface area contributed by atoms with E-state index in [1.807, 2.05) is 19.9 Å². The van der Waals surface area contributed by atoms with Gasteiger partial charge in [0.15, 0.2) is 0 Å². The van der Waals surface area contributed by atoms with E-state index >= 15 is 0 Å². The van der Waals surface area contributed by atoms with Crippen LogP contribution in [0.25, 0.3) is 10.9 Å². The molecule has 0 fully saturated rings. The first-order valence-corrected chi connectivity index (χ1v) is 6.60. The SMILES string of the molecule is CCNCc1c(C)[nH]c2ccc(OC(C)C)cc12. The van der Waals surface area contributed by atoms with Crippen LogP contribution in [0, 0.1) is 6.92 Å². The van der Waals surface area contributed by atoms with E-state index in [0.29, 0.717) is 0 Å². The first-order valence-electron chi connectivity index (χ1n) is 6.60. The summed E-state index contributed by atoms with van der Waals surface area (Å²) in [6.45, 7) is 10.2. The Morgan fingerprint density at radius 3 is 2.78 bits per heavy atom. The monoisotopic (exact) mass is 246 g/mol. The van der Waals surface area contributed by atoms with Crippen molar-refractivity contribution in [2.75, 3.05) is 6.54 Å². The Labute approximate surface area is 109 Å². The van der Waals surface area contributed by atoms with E-state index in [2.05, 4.69) is 36.3 Å². The highest BCUT2D eigenvalue weighted by molar-refractivity contribution is 5.86. The van der Waals surface area contributed by atoms with Gasteiger partial charge in [-0.15, -0.1) is 0 Å². The standard InChI is InChI=1S/C15H22N2O/c1-5-16-9-14-11(4)17-15-7-6-12(8-13(14)15)18-10(2)3/h6-8,10,16-17H,5,9H2,1-4H3. The fourth-order valence-electron chi connectivity index (χ4n) is 2.18. The Kier molecular flexibility index (Phi) is 3.92. The van der Waals surface area contributed by atoms with Crippen molar-refractivity contribution < 1.29 is 4.74 Å². The number of nitrogens with one attached hydrogen (secondary N) is 2. The number of benzene rings is 1. The molecule has 0 radical (unpaired) electrons. The Hall–Kier alpha value is -1.48. The number of aryl methyl sites for hydroxylation is 1. The quantitative estimate of drug-likeness (QED) is 0.848. The molecular weight excluding hydrogens is 224 g/mol. The van der Waals surface area contributed by atoms with Gasteiger partial charge >= 0.3 is 0 Å². The predicted molar refractivity (Wildman–Crippen MR) is 76.2 cm³/mol. The molecule has 1 aromatic carbocycles. The Morgan fingerprint density at radius 2 is 2.11 bits per heavy atom. The van der Waals surface area contributed by atoms with Crippen molar-refractivity contribution in [1.29, 1.82) is 0 Å². The van der Waals surface area contributed by atoms with Gasteiger partial charge in [0.25, 0.3) is 0 Å². The number of aromatic nitrogens is 1. The van der Waals surface area contributed by atoms with Crippen LogP contribution in [-0.2, 0) is 6.54 Å². The van der Waals surface area contributed by atoms with Crippen LogP contribution in [0.5, 0.6) is 5.75 Å². The van der Waals surface area contributed by atoms with E-state index in [9.17, 15) is 0 Å². The third-order valence-electron chi connectivity index (χ3n) is 3.01. The summed E-state index contributed by atoms with van der Waals surface area (Å²) in [6, 6.07) is 6.25. The van der Waals surface area contributed by atoms with E-state index in [1.165, 1.54) is 22.2 Å². The molecule has 0 bridgehead atoms. The van der Waals surface area contributed by atoms with Crippen LogP contribution in [-0.4, -0.2) is 17.6 Å². The molecule has 18 heavy (non-hydrogen) atoms. The molecule has 3 heteroatoms. The number of ether oxygens (including phenoxy) is 1. The van der Waals surface area contributed by atoms with Crippen molar-refractivity contribution in [2.24, 2.45) is 0 Å². The van der Waals surface area contributed by atoms with Gasteiger partial charge in [-0.3, -0.25) is 0 Å². The minimum atomic E-state index is 0.208. The maximum absolute atomic E-state index is 5.76. The smallest absolute Gasteiger partial charge is 0.120 e. The zero-order valence-corrected chi connectivity index (χ0v) is 11.6. The second-order valence-electron chi connectivity index (χ2n) is 4.88. The molecule has 2 N–H and O–H groups in total. The lowest BCUT2D eigenvalue weighted by molar-refractivity contribution is 0.243. The molecule has 0 amide bonds. The molecular formula is C15H22N2O. The van der Waals surface area contributed by atoms with Crippen molar-refractivity contribution in [1.82, 2.24) is 10.3 Å². The second-order valence-corrected chi connectivity index (χ2v) is 4.88.